The molecule has 1 aromatic rings. The van der Waals surface area contributed by atoms with E-state index < -0.39 is 0 Å². The molecule has 0 saturated heterocycles. The van der Waals surface area contributed by atoms with Crippen LogP contribution < -0.4 is 10.6 Å². The summed E-state index contributed by atoms with van der Waals surface area (Å²) in [7, 11) is 0. The van der Waals surface area contributed by atoms with Crippen LogP contribution in [0.25, 0.3) is 0 Å². The van der Waals surface area contributed by atoms with Gasteiger partial charge in [-0.05, 0) is 44.0 Å². The predicted octanol–water partition coefficient (Wildman–Crippen LogP) is 2.72. The zero-order chi connectivity index (χ0) is 13.5. The Balaban J connectivity index is 2.96. The fourth-order valence-electron chi connectivity index (χ4n) is 2.03. The van der Waals surface area contributed by atoms with Crippen molar-refractivity contribution < 1.29 is 5.21 Å². The van der Waals surface area contributed by atoms with E-state index in [-0.39, 0.29) is 5.84 Å². The summed E-state index contributed by atoms with van der Waals surface area (Å²) < 4.78 is 0. The van der Waals surface area contributed by atoms with Gasteiger partial charge in [-0.3, -0.25) is 0 Å². The summed E-state index contributed by atoms with van der Waals surface area (Å²) in [5.74, 6) is 0.154. The number of benzene rings is 1. The number of oxime groups is 1. The Bertz CT molecular complexity index is 416. The van der Waals surface area contributed by atoms with Crippen molar-refractivity contribution in [3.63, 3.8) is 0 Å². The lowest BCUT2D eigenvalue weighted by molar-refractivity contribution is 0.318. The lowest BCUT2D eigenvalue weighted by Gasteiger charge is -2.25. The fraction of sp³-hybridized carbons (Fsp3) is 0.500. The molecule has 0 radical (unpaired) electrons. The highest BCUT2D eigenvalue weighted by Gasteiger charge is 2.08. The second-order valence-corrected chi connectivity index (χ2v) is 4.42. The Morgan fingerprint density at radius 1 is 1.39 bits per heavy atom. The van der Waals surface area contributed by atoms with Crippen molar-refractivity contribution in [3.8, 4) is 0 Å². The number of aryl methyl sites for hydroxylation is 1. The molecule has 0 fully saturated rings. The first-order chi connectivity index (χ1) is 8.63. The molecule has 1 aromatic carbocycles. The summed E-state index contributed by atoms with van der Waals surface area (Å²) >= 11 is 0. The second-order valence-electron chi connectivity index (χ2n) is 4.42. The molecule has 4 nitrogen and oxygen atoms in total. The maximum Gasteiger partial charge on any atom is 0.170 e. The van der Waals surface area contributed by atoms with Crippen LogP contribution in [0.5, 0.6) is 0 Å². The van der Waals surface area contributed by atoms with Crippen molar-refractivity contribution >= 4 is 11.5 Å². The van der Waals surface area contributed by atoms with Gasteiger partial charge in [0.2, 0.25) is 0 Å². The minimum Gasteiger partial charge on any atom is -0.409 e. The first kappa shape index (κ1) is 14.4. The molecular weight excluding hydrogens is 226 g/mol. The van der Waals surface area contributed by atoms with Gasteiger partial charge in [-0.15, -0.1) is 0 Å². The summed E-state index contributed by atoms with van der Waals surface area (Å²) in [6.45, 7) is 8.47. The number of rotatable bonds is 6. The fourth-order valence-corrected chi connectivity index (χ4v) is 2.03. The van der Waals surface area contributed by atoms with E-state index in [1.807, 2.05) is 18.2 Å². The normalized spacial score (nSPS) is 11.6. The summed E-state index contributed by atoms with van der Waals surface area (Å²) in [5.41, 5.74) is 8.72. The van der Waals surface area contributed by atoms with Crippen molar-refractivity contribution in [2.24, 2.45) is 10.9 Å². The molecule has 0 aliphatic carbocycles. The molecule has 0 spiro atoms. The zero-order valence-corrected chi connectivity index (χ0v) is 11.5. The molecule has 3 N–H and O–H groups in total. The van der Waals surface area contributed by atoms with Gasteiger partial charge in [0.25, 0.3) is 0 Å². The zero-order valence-electron chi connectivity index (χ0n) is 11.5. The molecule has 4 heteroatoms. The van der Waals surface area contributed by atoms with E-state index in [9.17, 15) is 0 Å². The van der Waals surface area contributed by atoms with Crippen molar-refractivity contribution in [3.05, 3.63) is 29.3 Å². The third kappa shape index (κ3) is 3.39. The largest absolute Gasteiger partial charge is 0.409 e. The molecule has 1 rings (SSSR count). The maximum atomic E-state index is 8.67. The number of anilines is 1. The van der Waals surface area contributed by atoms with E-state index in [0.29, 0.717) is 0 Å². The Kier molecular flexibility index (Phi) is 5.49. The molecule has 0 saturated carbocycles. The van der Waals surface area contributed by atoms with Gasteiger partial charge in [0, 0.05) is 24.3 Å². The van der Waals surface area contributed by atoms with Crippen LogP contribution in [0.2, 0.25) is 0 Å². The van der Waals surface area contributed by atoms with Gasteiger partial charge < -0.3 is 15.8 Å². The third-order valence-electron chi connectivity index (χ3n) is 3.10. The topological polar surface area (TPSA) is 61.8 Å². The molecule has 0 bridgehead atoms. The predicted molar refractivity (Wildman–Crippen MR) is 76.5 cm³/mol. The Hall–Kier alpha value is -1.71. The molecule has 0 aliphatic rings. The lowest BCUT2D eigenvalue weighted by atomic mass is 10.1. The van der Waals surface area contributed by atoms with Crippen LogP contribution in [-0.4, -0.2) is 24.1 Å². The Morgan fingerprint density at radius 2 is 2.11 bits per heavy atom. The molecular formula is C14H23N3O. The van der Waals surface area contributed by atoms with Crippen molar-refractivity contribution in [1.29, 1.82) is 0 Å². The van der Waals surface area contributed by atoms with Gasteiger partial charge in [0.05, 0.1) is 0 Å². The average Bonchev–Trinajstić information content (AvgIpc) is 2.40. The van der Waals surface area contributed by atoms with Crippen LogP contribution in [0.1, 0.15) is 37.8 Å². The summed E-state index contributed by atoms with van der Waals surface area (Å²) in [5, 5.41) is 11.7. The number of nitrogens with two attached hydrogens (primary N) is 1. The third-order valence-corrected chi connectivity index (χ3v) is 3.10. The number of nitrogens with zero attached hydrogens (tertiary/aromatic N) is 2. The quantitative estimate of drug-likeness (QED) is 0.353. The second kappa shape index (κ2) is 6.89. The maximum absolute atomic E-state index is 8.67. The van der Waals surface area contributed by atoms with E-state index >= 15 is 0 Å². The monoisotopic (exact) mass is 249 g/mol. The highest BCUT2D eigenvalue weighted by molar-refractivity contribution is 5.97. The highest BCUT2D eigenvalue weighted by Crippen LogP contribution is 2.21. The van der Waals surface area contributed by atoms with Gasteiger partial charge in [-0.2, -0.15) is 0 Å². The van der Waals surface area contributed by atoms with E-state index in [2.05, 4.69) is 30.8 Å². The molecule has 0 atom stereocenters. The summed E-state index contributed by atoms with van der Waals surface area (Å²) in [6.07, 6.45) is 2.38. The molecule has 100 valence electrons. The van der Waals surface area contributed by atoms with E-state index in [4.69, 9.17) is 10.9 Å². The number of unbranched alkanes of at least 4 members (excludes halogenated alkanes) is 1. The van der Waals surface area contributed by atoms with Crippen LogP contribution in [0.4, 0.5) is 5.69 Å². The van der Waals surface area contributed by atoms with E-state index in [1.165, 1.54) is 18.5 Å². The Labute approximate surface area is 109 Å². The van der Waals surface area contributed by atoms with Crippen LogP contribution in [-0.2, 0) is 0 Å². The number of amidine groups is 1. The summed E-state index contributed by atoms with van der Waals surface area (Å²) in [6, 6.07) is 5.90. The SMILES string of the molecule is CCCCN(CC)c1ccc(/C(N)=N/O)cc1C. The number of hydrogen-bond acceptors (Lipinski definition) is 3. The van der Waals surface area contributed by atoms with Crippen LogP contribution in [0, 0.1) is 6.92 Å². The first-order valence-electron chi connectivity index (χ1n) is 6.47. The molecule has 0 aromatic heterocycles. The standard InChI is InChI=1S/C14H23N3O/c1-4-6-9-17(5-2)13-8-7-12(10-11(13)3)14(15)16-18/h7-8,10,18H,4-6,9H2,1-3H3,(H2,15,16). The van der Waals surface area contributed by atoms with Crippen LogP contribution >= 0.6 is 0 Å². The van der Waals surface area contributed by atoms with Crippen LogP contribution in [0.15, 0.2) is 23.4 Å². The molecule has 0 aliphatic heterocycles. The van der Waals surface area contributed by atoms with Gasteiger partial charge in [-0.25, -0.2) is 0 Å². The van der Waals surface area contributed by atoms with Crippen molar-refractivity contribution in [2.75, 3.05) is 18.0 Å². The minimum absolute atomic E-state index is 0.154. The minimum atomic E-state index is 0.154. The Morgan fingerprint density at radius 3 is 2.61 bits per heavy atom. The first-order valence-corrected chi connectivity index (χ1v) is 6.47. The molecule has 0 amide bonds. The average molecular weight is 249 g/mol. The lowest BCUT2D eigenvalue weighted by Crippen LogP contribution is -2.25. The van der Waals surface area contributed by atoms with Crippen LogP contribution in [0.3, 0.4) is 0 Å². The van der Waals surface area contributed by atoms with Crippen molar-refractivity contribution in [2.45, 2.75) is 33.6 Å². The molecule has 18 heavy (non-hydrogen) atoms. The van der Waals surface area contributed by atoms with Gasteiger partial charge in [-0.1, -0.05) is 18.5 Å². The molecule has 0 unspecified atom stereocenters. The number of hydrogen-bond donors (Lipinski definition) is 2. The van der Waals surface area contributed by atoms with Gasteiger partial charge in [0.1, 0.15) is 0 Å². The summed E-state index contributed by atoms with van der Waals surface area (Å²) in [4.78, 5) is 2.36. The van der Waals surface area contributed by atoms with E-state index in [1.54, 1.807) is 0 Å². The van der Waals surface area contributed by atoms with Gasteiger partial charge >= 0.3 is 0 Å². The van der Waals surface area contributed by atoms with E-state index in [0.717, 1.165) is 24.2 Å². The highest BCUT2D eigenvalue weighted by atomic mass is 16.4. The smallest absolute Gasteiger partial charge is 0.170 e. The molecule has 0 heterocycles. The van der Waals surface area contributed by atoms with Gasteiger partial charge in [0.15, 0.2) is 5.84 Å². The van der Waals surface area contributed by atoms with Crippen molar-refractivity contribution in [1.82, 2.24) is 0 Å².